The van der Waals surface area contributed by atoms with Gasteiger partial charge in [-0.1, -0.05) is 39.0 Å². The average Bonchev–Trinajstić information content (AvgIpc) is 2.63. The third-order valence-corrected chi connectivity index (χ3v) is 2.32. The summed E-state index contributed by atoms with van der Waals surface area (Å²) in [5.41, 5.74) is 5.39. The van der Waals surface area contributed by atoms with Crippen molar-refractivity contribution in [2.75, 3.05) is 17.6 Å². The largest absolute Gasteiger partial charge is 0.368 e. The minimum absolute atomic E-state index is 0.362. The molecule has 0 fully saturated rings. The number of H-pyrrole nitrogens is 1. The Hall–Kier alpha value is -1.26. The van der Waals surface area contributed by atoms with Crippen LogP contribution in [0.15, 0.2) is 0 Å². The molecule has 86 valence electrons. The van der Waals surface area contributed by atoms with Crippen molar-refractivity contribution in [2.45, 2.75) is 45.4 Å². The van der Waals surface area contributed by atoms with Gasteiger partial charge in [0.1, 0.15) is 0 Å². The number of nitrogen functional groups attached to an aromatic ring is 1. The zero-order valence-corrected chi connectivity index (χ0v) is 9.42. The van der Waals surface area contributed by atoms with Gasteiger partial charge < -0.3 is 11.1 Å². The molecule has 1 aromatic rings. The second-order valence-corrected chi connectivity index (χ2v) is 3.74. The molecule has 1 heterocycles. The molecule has 0 aliphatic rings. The lowest BCUT2D eigenvalue weighted by atomic mass is 10.1. The van der Waals surface area contributed by atoms with E-state index in [0.717, 1.165) is 13.0 Å². The van der Waals surface area contributed by atoms with E-state index >= 15 is 0 Å². The van der Waals surface area contributed by atoms with E-state index in [4.69, 9.17) is 5.73 Å². The Balaban J connectivity index is 1.93. The van der Waals surface area contributed by atoms with Crippen LogP contribution in [0.25, 0.3) is 0 Å². The van der Waals surface area contributed by atoms with Gasteiger partial charge in [-0.05, 0) is 6.42 Å². The molecule has 0 aliphatic heterocycles. The Morgan fingerprint density at radius 3 is 2.60 bits per heavy atom. The standard InChI is InChI=1S/C10H21N5/c1-2-3-4-5-6-7-8-12-10-13-9(11)14-15-10/h2-8H2,1H3,(H4,11,12,13,14,15). The van der Waals surface area contributed by atoms with Crippen LogP contribution in [0.5, 0.6) is 0 Å². The SMILES string of the molecule is CCCCCCCCNc1n[nH]c(N)n1. The van der Waals surface area contributed by atoms with Crippen molar-refractivity contribution in [3.05, 3.63) is 0 Å². The van der Waals surface area contributed by atoms with Crippen LogP contribution in [-0.2, 0) is 0 Å². The molecule has 1 rings (SSSR count). The normalized spacial score (nSPS) is 10.5. The highest BCUT2D eigenvalue weighted by Gasteiger charge is 1.97. The zero-order valence-electron chi connectivity index (χ0n) is 9.42. The molecule has 15 heavy (non-hydrogen) atoms. The zero-order chi connectivity index (χ0) is 10.9. The van der Waals surface area contributed by atoms with Gasteiger partial charge in [-0.2, -0.15) is 4.98 Å². The highest BCUT2D eigenvalue weighted by atomic mass is 15.3. The fourth-order valence-electron chi connectivity index (χ4n) is 1.46. The molecule has 0 aromatic carbocycles. The molecule has 0 amide bonds. The fraction of sp³-hybridized carbons (Fsp3) is 0.800. The van der Waals surface area contributed by atoms with E-state index in [2.05, 4.69) is 27.4 Å². The Labute approximate surface area is 90.9 Å². The van der Waals surface area contributed by atoms with Gasteiger partial charge in [-0.3, -0.25) is 0 Å². The molecule has 0 spiro atoms. The maximum atomic E-state index is 5.39. The highest BCUT2D eigenvalue weighted by molar-refractivity contribution is 5.29. The Morgan fingerprint density at radius 1 is 1.20 bits per heavy atom. The number of aromatic amines is 1. The minimum Gasteiger partial charge on any atom is -0.368 e. The molecule has 0 saturated carbocycles. The van der Waals surface area contributed by atoms with E-state index in [1.54, 1.807) is 0 Å². The van der Waals surface area contributed by atoms with E-state index < -0.39 is 0 Å². The van der Waals surface area contributed by atoms with E-state index in [1.165, 1.54) is 32.1 Å². The maximum absolute atomic E-state index is 5.39. The lowest BCUT2D eigenvalue weighted by Crippen LogP contribution is -2.03. The van der Waals surface area contributed by atoms with Crippen LogP contribution in [-0.4, -0.2) is 21.7 Å². The summed E-state index contributed by atoms with van der Waals surface area (Å²) >= 11 is 0. The predicted octanol–water partition coefficient (Wildman–Crippen LogP) is 2.16. The number of unbranched alkanes of at least 4 members (excludes halogenated alkanes) is 5. The number of nitrogens with zero attached hydrogens (tertiary/aromatic N) is 2. The van der Waals surface area contributed by atoms with Crippen LogP contribution < -0.4 is 11.1 Å². The Bertz CT molecular complexity index is 258. The van der Waals surface area contributed by atoms with Crippen LogP contribution in [0.4, 0.5) is 11.9 Å². The molecular weight excluding hydrogens is 190 g/mol. The van der Waals surface area contributed by atoms with Crippen molar-refractivity contribution in [1.29, 1.82) is 0 Å². The van der Waals surface area contributed by atoms with Crippen LogP contribution in [0.1, 0.15) is 45.4 Å². The number of rotatable bonds is 8. The van der Waals surface area contributed by atoms with Gasteiger partial charge in [0.05, 0.1) is 0 Å². The predicted molar refractivity (Wildman–Crippen MR) is 62.7 cm³/mol. The van der Waals surface area contributed by atoms with Crippen molar-refractivity contribution >= 4 is 11.9 Å². The molecule has 5 heteroatoms. The third kappa shape index (κ3) is 5.24. The summed E-state index contributed by atoms with van der Waals surface area (Å²) in [5, 5.41) is 9.61. The van der Waals surface area contributed by atoms with Gasteiger partial charge in [-0.25, -0.2) is 5.10 Å². The van der Waals surface area contributed by atoms with Crippen molar-refractivity contribution in [1.82, 2.24) is 15.2 Å². The lowest BCUT2D eigenvalue weighted by Gasteiger charge is -2.01. The van der Waals surface area contributed by atoms with E-state index in [1.807, 2.05) is 0 Å². The molecule has 0 bridgehead atoms. The van der Waals surface area contributed by atoms with Gasteiger partial charge in [0.2, 0.25) is 11.9 Å². The smallest absolute Gasteiger partial charge is 0.243 e. The minimum atomic E-state index is 0.362. The van der Waals surface area contributed by atoms with Crippen molar-refractivity contribution in [3.63, 3.8) is 0 Å². The summed E-state index contributed by atoms with van der Waals surface area (Å²) in [4.78, 5) is 3.96. The van der Waals surface area contributed by atoms with Crippen molar-refractivity contribution in [3.8, 4) is 0 Å². The molecule has 4 N–H and O–H groups in total. The number of hydrogen-bond acceptors (Lipinski definition) is 4. The molecule has 1 aromatic heterocycles. The molecule has 0 aliphatic carbocycles. The number of hydrogen-bond donors (Lipinski definition) is 3. The Morgan fingerprint density at radius 2 is 1.93 bits per heavy atom. The topological polar surface area (TPSA) is 79.6 Å². The summed E-state index contributed by atoms with van der Waals surface area (Å²) in [7, 11) is 0. The van der Waals surface area contributed by atoms with E-state index in [-0.39, 0.29) is 0 Å². The molecule has 0 saturated heterocycles. The second kappa shape index (κ2) is 7.09. The van der Waals surface area contributed by atoms with Crippen LogP contribution in [0.3, 0.4) is 0 Å². The first-order valence-corrected chi connectivity index (χ1v) is 5.74. The fourth-order valence-corrected chi connectivity index (χ4v) is 1.46. The molecule has 5 nitrogen and oxygen atoms in total. The van der Waals surface area contributed by atoms with Crippen molar-refractivity contribution in [2.24, 2.45) is 0 Å². The van der Waals surface area contributed by atoms with Gasteiger partial charge in [0, 0.05) is 6.54 Å². The third-order valence-electron chi connectivity index (χ3n) is 2.32. The Kier molecular flexibility index (Phi) is 5.58. The summed E-state index contributed by atoms with van der Waals surface area (Å²) in [5.74, 6) is 0.960. The summed E-state index contributed by atoms with van der Waals surface area (Å²) < 4.78 is 0. The van der Waals surface area contributed by atoms with Gasteiger partial charge in [0.15, 0.2) is 0 Å². The monoisotopic (exact) mass is 211 g/mol. The van der Waals surface area contributed by atoms with Gasteiger partial charge in [-0.15, -0.1) is 5.10 Å². The molecule has 0 unspecified atom stereocenters. The molecule has 0 atom stereocenters. The average molecular weight is 211 g/mol. The number of anilines is 2. The summed E-state index contributed by atoms with van der Waals surface area (Å²) in [6, 6.07) is 0. The highest BCUT2D eigenvalue weighted by Crippen LogP contribution is 2.05. The molecular formula is C10H21N5. The summed E-state index contributed by atoms with van der Waals surface area (Å²) in [6.07, 6.45) is 7.76. The van der Waals surface area contributed by atoms with Gasteiger partial charge in [0.25, 0.3) is 0 Å². The first-order chi connectivity index (χ1) is 7.33. The maximum Gasteiger partial charge on any atom is 0.243 e. The van der Waals surface area contributed by atoms with Gasteiger partial charge >= 0.3 is 0 Å². The molecule has 0 radical (unpaired) electrons. The van der Waals surface area contributed by atoms with Crippen LogP contribution in [0, 0.1) is 0 Å². The van der Waals surface area contributed by atoms with E-state index in [0.29, 0.717) is 11.9 Å². The van der Waals surface area contributed by atoms with Crippen LogP contribution >= 0.6 is 0 Å². The van der Waals surface area contributed by atoms with Crippen LogP contribution in [0.2, 0.25) is 0 Å². The lowest BCUT2D eigenvalue weighted by molar-refractivity contribution is 0.616. The summed E-state index contributed by atoms with van der Waals surface area (Å²) in [6.45, 7) is 3.15. The second-order valence-electron chi connectivity index (χ2n) is 3.74. The quantitative estimate of drug-likeness (QED) is 0.576. The number of nitrogens with one attached hydrogen (secondary N) is 2. The number of nitrogens with two attached hydrogens (primary N) is 1. The number of aromatic nitrogens is 3. The van der Waals surface area contributed by atoms with E-state index in [9.17, 15) is 0 Å². The van der Waals surface area contributed by atoms with Crippen molar-refractivity contribution < 1.29 is 0 Å². The first-order valence-electron chi connectivity index (χ1n) is 5.74. The first kappa shape index (κ1) is 11.8.